The summed E-state index contributed by atoms with van der Waals surface area (Å²) in [4.78, 5) is 25.0. The maximum Gasteiger partial charge on any atom is 0.261 e. The van der Waals surface area contributed by atoms with E-state index in [4.69, 9.17) is 4.74 Å². The van der Waals surface area contributed by atoms with Crippen LogP contribution in [0, 0.1) is 0 Å². The van der Waals surface area contributed by atoms with Crippen LogP contribution >= 0.6 is 0 Å². The summed E-state index contributed by atoms with van der Waals surface area (Å²) in [5.74, 6) is -0.314. The van der Waals surface area contributed by atoms with E-state index >= 15 is 0 Å². The molecule has 2 aromatic carbocycles. The minimum atomic E-state index is -0.519. The second kappa shape index (κ2) is 6.08. The number of phenolic OH excluding ortho intramolecular Hbond substituents is 1. The summed E-state index contributed by atoms with van der Waals surface area (Å²) in [6.07, 6.45) is 1.51. The molecule has 0 radical (unpaired) electrons. The minimum Gasteiger partial charge on any atom is -0.504 e. The normalized spacial score (nSPS) is 10.6. The molecule has 1 amide bonds. The number of phenols is 1. The number of rotatable bonds is 3. The van der Waals surface area contributed by atoms with Gasteiger partial charge in [-0.2, -0.15) is 0 Å². The lowest BCUT2D eigenvalue weighted by Gasteiger charge is -2.10. The molecule has 0 aliphatic rings. The van der Waals surface area contributed by atoms with Crippen LogP contribution in [0.1, 0.15) is 10.4 Å². The number of pyridine rings is 1. The first-order chi connectivity index (χ1) is 11.5. The molecule has 1 heterocycles. The number of hydrogen-bond acceptors (Lipinski definition) is 4. The fourth-order valence-corrected chi connectivity index (χ4v) is 2.56. The van der Waals surface area contributed by atoms with Crippen LogP contribution in [0.3, 0.4) is 0 Å². The number of methoxy groups -OCH3 is 1. The summed E-state index contributed by atoms with van der Waals surface area (Å²) in [6.45, 7) is 0. The Morgan fingerprint density at radius 3 is 2.71 bits per heavy atom. The summed E-state index contributed by atoms with van der Waals surface area (Å²) >= 11 is 0. The van der Waals surface area contributed by atoms with Gasteiger partial charge < -0.3 is 19.7 Å². The van der Waals surface area contributed by atoms with Crippen LogP contribution in [0.25, 0.3) is 10.9 Å². The van der Waals surface area contributed by atoms with E-state index in [9.17, 15) is 14.7 Å². The predicted molar refractivity (Wildman–Crippen MR) is 91.8 cm³/mol. The highest BCUT2D eigenvalue weighted by atomic mass is 16.5. The third-order valence-electron chi connectivity index (χ3n) is 3.78. The van der Waals surface area contributed by atoms with E-state index in [2.05, 4.69) is 5.32 Å². The summed E-state index contributed by atoms with van der Waals surface area (Å²) in [7, 11) is 3.20. The number of fused-ring (bicyclic) bond motifs is 1. The molecule has 0 bridgehead atoms. The number of aryl methyl sites for hydroxylation is 1. The van der Waals surface area contributed by atoms with Crippen molar-refractivity contribution in [1.29, 1.82) is 0 Å². The molecule has 1 aromatic heterocycles. The third-order valence-corrected chi connectivity index (χ3v) is 3.78. The maximum atomic E-state index is 12.6. The number of aromatic nitrogens is 1. The molecule has 0 fully saturated rings. The molecule has 0 atom stereocenters. The topological polar surface area (TPSA) is 80.6 Å². The molecular formula is C18H16N2O4. The number of carbonyl (C=O) groups excluding carboxylic acids is 1. The van der Waals surface area contributed by atoms with E-state index in [1.807, 2.05) is 12.1 Å². The number of para-hydroxylation sites is 1. The SMILES string of the molecule is COc1cc(NC(=O)c2cn(C)c3ccccc3c2=O)ccc1O. The number of carbonyl (C=O) groups is 1. The van der Waals surface area contributed by atoms with Gasteiger partial charge in [0.05, 0.1) is 12.6 Å². The molecule has 0 aliphatic carbocycles. The number of amides is 1. The second-order valence-corrected chi connectivity index (χ2v) is 5.34. The number of nitrogens with zero attached hydrogens (tertiary/aromatic N) is 1. The average Bonchev–Trinajstić information content (AvgIpc) is 2.59. The van der Waals surface area contributed by atoms with E-state index < -0.39 is 5.91 Å². The Morgan fingerprint density at radius 1 is 1.21 bits per heavy atom. The Labute approximate surface area is 137 Å². The van der Waals surface area contributed by atoms with Crippen molar-refractivity contribution in [2.75, 3.05) is 12.4 Å². The lowest BCUT2D eigenvalue weighted by atomic mass is 10.1. The highest BCUT2D eigenvalue weighted by Crippen LogP contribution is 2.28. The summed E-state index contributed by atoms with van der Waals surface area (Å²) in [5, 5.41) is 12.7. The van der Waals surface area contributed by atoms with Crippen molar-refractivity contribution < 1.29 is 14.6 Å². The number of anilines is 1. The fraction of sp³-hybridized carbons (Fsp3) is 0.111. The average molecular weight is 324 g/mol. The van der Waals surface area contributed by atoms with Crippen LogP contribution in [0.2, 0.25) is 0 Å². The van der Waals surface area contributed by atoms with E-state index in [1.54, 1.807) is 23.7 Å². The van der Waals surface area contributed by atoms with Crippen molar-refractivity contribution in [3.8, 4) is 11.5 Å². The largest absolute Gasteiger partial charge is 0.504 e. The summed E-state index contributed by atoms with van der Waals surface area (Å²) < 4.78 is 6.75. The van der Waals surface area contributed by atoms with Gasteiger partial charge in [0, 0.05) is 30.4 Å². The fourth-order valence-electron chi connectivity index (χ4n) is 2.56. The Bertz CT molecular complexity index is 992. The van der Waals surface area contributed by atoms with Gasteiger partial charge in [-0.3, -0.25) is 9.59 Å². The second-order valence-electron chi connectivity index (χ2n) is 5.34. The quantitative estimate of drug-likeness (QED) is 0.725. The Kier molecular flexibility index (Phi) is 3.95. The first-order valence-corrected chi connectivity index (χ1v) is 7.28. The van der Waals surface area contributed by atoms with E-state index in [0.717, 1.165) is 5.52 Å². The van der Waals surface area contributed by atoms with Gasteiger partial charge in [-0.15, -0.1) is 0 Å². The molecule has 6 nitrogen and oxygen atoms in total. The van der Waals surface area contributed by atoms with Gasteiger partial charge in [-0.25, -0.2) is 0 Å². The van der Waals surface area contributed by atoms with Crippen LogP contribution in [0.4, 0.5) is 5.69 Å². The molecule has 0 saturated carbocycles. The number of hydrogen-bond donors (Lipinski definition) is 2. The van der Waals surface area contributed by atoms with Gasteiger partial charge >= 0.3 is 0 Å². The highest BCUT2D eigenvalue weighted by molar-refractivity contribution is 6.05. The molecule has 24 heavy (non-hydrogen) atoms. The van der Waals surface area contributed by atoms with Crippen molar-refractivity contribution in [3.05, 3.63) is 64.4 Å². The smallest absolute Gasteiger partial charge is 0.261 e. The number of ether oxygens (including phenoxy) is 1. The zero-order chi connectivity index (χ0) is 17.3. The van der Waals surface area contributed by atoms with Gasteiger partial charge in [0.1, 0.15) is 5.56 Å². The molecule has 2 N–H and O–H groups in total. The third kappa shape index (κ3) is 2.69. The van der Waals surface area contributed by atoms with Crippen molar-refractivity contribution in [2.24, 2.45) is 7.05 Å². The lowest BCUT2D eigenvalue weighted by Crippen LogP contribution is -2.23. The van der Waals surface area contributed by atoms with Gasteiger partial charge in [0.25, 0.3) is 5.91 Å². The maximum absolute atomic E-state index is 12.6. The van der Waals surface area contributed by atoms with Gasteiger partial charge in [-0.1, -0.05) is 12.1 Å². The van der Waals surface area contributed by atoms with Crippen molar-refractivity contribution in [1.82, 2.24) is 4.57 Å². The molecule has 6 heteroatoms. The molecule has 0 aliphatic heterocycles. The Balaban J connectivity index is 2.00. The Hall–Kier alpha value is -3.28. The van der Waals surface area contributed by atoms with Crippen LogP contribution in [0.15, 0.2) is 53.5 Å². The van der Waals surface area contributed by atoms with Gasteiger partial charge in [0.2, 0.25) is 5.43 Å². The van der Waals surface area contributed by atoms with Crippen LogP contribution in [-0.2, 0) is 7.05 Å². The molecule has 0 spiro atoms. The lowest BCUT2D eigenvalue weighted by molar-refractivity contribution is 0.102. The zero-order valence-corrected chi connectivity index (χ0v) is 13.2. The van der Waals surface area contributed by atoms with Crippen LogP contribution < -0.4 is 15.5 Å². The van der Waals surface area contributed by atoms with Gasteiger partial charge in [0.15, 0.2) is 11.5 Å². The first kappa shape index (κ1) is 15.6. The monoisotopic (exact) mass is 324 g/mol. The number of benzene rings is 2. The Morgan fingerprint density at radius 2 is 1.96 bits per heavy atom. The molecule has 0 saturated heterocycles. The number of aromatic hydroxyl groups is 1. The number of nitrogens with one attached hydrogen (secondary N) is 1. The summed E-state index contributed by atoms with van der Waals surface area (Å²) in [6, 6.07) is 11.5. The zero-order valence-electron chi connectivity index (χ0n) is 13.2. The van der Waals surface area contributed by atoms with E-state index in [-0.39, 0.29) is 22.5 Å². The molecule has 3 rings (SSSR count). The highest BCUT2D eigenvalue weighted by Gasteiger charge is 2.15. The van der Waals surface area contributed by atoms with Gasteiger partial charge in [-0.05, 0) is 24.3 Å². The molecule has 3 aromatic rings. The van der Waals surface area contributed by atoms with Crippen LogP contribution in [0.5, 0.6) is 11.5 Å². The van der Waals surface area contributed by atoms with Crippen molar-refractivity contribution in [3.63, 3.8) is 0 Å². The summed E-state index contributed by atoms with van der Waals surface area (Å²) in [5.41, 5.74) is 0.894. The predicted octanol–water partition coefficient (Wildman–Crippen LogP) is 2.51. The standard InChI is InChI=1S/C18H16N2O4/c1-20-10-13(17(22)12-5-3-4-6-14(12)20)18(23)19-11-7-8-15(21)16(9-11)24-2/h3-10,21H,1-2H3,(H,19,23). The van der Waals surface area contributed by atoms with E-state index in [0.29, 0.717) is 11.1 Å². The first-order valence-electron chi connectivity index (χ1n) is 7.28. The van der Waals surface area contributed by atoms with Crippen LogP contribution in [-0.4, -0.2) is 22.7 Å². The van der Waals surface area contributed by atoms with Crippen molar-refractivity contribution in [2.45, 2.75) is 0 Å². The molecular weight excluding hydrogens is 308 g/mol. The van der Waals surface area contributed by atoms with Crippen molar-refractivity contribution >= 4 is 22.5 Å². The molecule has 0 unspecified atom stereocenters. The minimum absolute atomic E-state index is 0.0304. The van der Waals surface area contributed by atoms with E-state index in [1.165, 1.54) is 31.5 Å². The molecule has 122 valence electrons.